The van der Waals surface area contributed by atoms with E-state index in [1.54, 1.807) is 49.6 Å². The zero-order valence-electron chi connectivity index (χ0n) is 15.4. The summed E-state index contributed by atoms with van der Waals surface area (Å²) in [6.07, 6.45) is 1.83. The third-order valence-corrected chi connectivity index (χ3v) is 6.26. The van der Waals surface area contributed by atoms with Crippen LogP contribution in [0.5, 0.6) is 5.75 Å². The van der Waals surface area contributed by atoms with Gasteiger partial charge >= 0.3 is 0 Å². The topological polar surface area (TPSA) is 55.8 Å². The predicted molar refractivity (Wildman–Crippen MR) is 103 cm³/mol. The molecule has 0 amide bonds. The van der Waals surface area contributed by atoms with Crippen molar-refractivity contribution in [1.29, 1.82) is 0 Å². The van der Waals surface area contributed by atoms with Gasteiger partial charge in [-0.1, -0.05) is 17.7 Å². The molecule has 0 saturated carbocycles. The van der Waals surface area contributed by atoms with Crippen molar-refractivity contribution in [2.75, 3.05) is 18.0 Å². The average Bonchev–Trinajstić information content (AvgIpc) is 2.61. The minimum absolute atomic E-state index is 0.268. The molecule has 5 nitrogen and oxygen atoms in total. The molecule has 6 heteroatoms. The lowest BCUT2D eigenvalue weighted by Crippen LogP contribution is -2.40. The molecular weight excluding hydrogens is 350 g/mol. The zero-order valence-corrected chi connectivity index (χ0v) is 16.2. The van der Waals surface area contributed by atoms with E-state index in [2.05, 4.69) is 0 Å². The molecule has 26 heavy (non-hydrogen) atoms. The van der Waals surface area contributed by atoms with Crippen LogP contribution in [0, 0.1) is 6.92 Å². The van der Waals surface area contributed by atoms with Crippen molar-refractivity contribution in [2.45, 2.75) is 31.7 Å². The van der Waals surface area contributed by atoms with E-state index in [4.69, 9.17) is 9.47 Å². The van der Waals surface area contributed by atoms with Gasteiger partial charge < -0.3 is 9.47 Å². The van der Waals surface area contributed by atoms with Crippen LogP contribution in [0.4, 0.5) is 5.69 Å². The summed E-state index contributed by atoms with van der Waals surface area (Å²) in [6.45, 7) is 6.18. The van der Waals surface area contributed by atoms with Crippen molar-refractivity contribution in [1.82, 2.24) is 0 Å². The monoisotopic (exact) mass is 373 g/mol. The number of rotatable bonds is 5. The lowest BCUT2D eigenvalue weighted by Gasteiger charge is -2.34. The Morgan fingerprint density at radius 3 is 2.42 bits per heavy atom. The van der Waals surface area contributed by atoms with Gasteiger partial charge in [0.25, 0.3) is 10.0 Å². The third kappa shape index (κ3) is 3.17. The van der Waals surface area contributed by atoms with Gasteiger partial charge in [0, 0.05) is 5.56 Å². The number of aryl methyl sites for hydroxylation is 1. The maximum absolute atomic E-state index is 13.3. The third-order valence-electron chi connectivity index (χ3n) is 4.35. The molecule has 0 bridgehead atoms. The summed E-state index contributed by atoms with van der Waals surface area (Å²) in [5.74, 6) is 1.32. The van der Waals surface area contributed by atoms with E-state index in [1.807, 2.05) is 26.8 Å². The number of benzene rings is 2. The van der Waals surface area contributed by atoms with Gasteiger partial charge in [-0.05, 0) is 57.2 Å². The van der Waals surface area contributed by atoms with Crippen molar-refractivity contribution in [3.8, 4) is 5.75 Å². The van der Waals surface area contributed by atoms with Gasteiger partial charge in [-0.3, -0.25) is 4.31 Å². The molecule has 0 N–H and O–H groups in total. The van der Waals surface area contributed by atoms with Crippen molar-refractivity contribution < 1.29 is 17.9 Å². The second-order valence-electron chi connectivity index (χ2n) is 6.20. The Morgan fingerprint density at radius 2 is 1.81 bits per heavy atom. The molecule has 1 aliphatic rings. The van der Waals surface area contributed by atoms with Gasteiger partial charge in [-0.25, -0.2) is 8.42 Å². The normalized spacial score (nSPS) is 16.7. The molecule has 1 aliphatic heterocycles. The van der Waals surface area contributed by atoms with Crippen LogP contribution in [-0.4, -0.2) is 28.2 Å². The van der Waals surface area contributed by atoms with E-state index >= 15 is 0 Å². The number of hydrogen-bond acceptors (Lipinski definition) is 4. The first-order chi connectivity index (χ1) is 12.4. The molecule has 0 unspecified atom stereocenters. The molecule has 1 atom stereocenters. The highest BCUT2D eigenvalue weighted by atomic mass is 32.2. The number of nitrogens with zero attached hydrogens (tertiary/aromatic N) is 1. The summed E-state index contributed by atoms with van der Waals surface area (Å²) in [5, 5.41) is 0. The first-order valence-electron chi connectivity index (χ1n) is 8.52. The van der Waals surface area contributed by atoms with E-state index < -0.39 is 10.0 Å². The van der Waals surface area contributed by atoms with Crippen LogP contribution < -0.4 is 9.04 Å². The summed E-state index contributed by atoms with van der Waals surface area (Å²) in [7, 11) is -2.13. The lowest BCUT2D eigenvalue weighted by atomic mass is 10.0. The highest BCUT2D eigenvalue weighted by Crippen LogP contribution is 2.40. The number of sulfonamides is 1. The van der Waals surface area contributed by atoms with Gasteiger partial charge in [0.15, 0.2) is 0 Å². The molecule has 0 spiro atoms. The van der Waals surface area contributed by atoms with E-state index in [0.717, 1.165) is 5.56 Å². The van der Waals surface area contributed by atoms with Crippen LogP contribution in [0.15, 0.2) is 53.4 Å². The summed E-state index contributed by atoms with van der Waals surface area (Å²) in [5.41, 5.74) is 2.31. The van der Waals surface area contributed by atoms with Crippen LogP contribution >= 0.6 is 0 Å². The molecule has 0 saturated heterocycles. The van der Waals surface area contributed by atoms with Crippen LogP contribution in [-0.2, 0) is 14.8 Å². The Balaban J connectivity index is 2.16. The van der Waals surface area contributed by atoms with Gasteiger partial charge in [-0.2, -0.15) is 0 Å². The van der Waals surface area contributed by atoms with Crippen molar-refractivity contribution in [3.63, 3.8) is 0 Å². The van der Waals surface area contributed by atoms with Crippen LogP contribution in [0.25, 0.3) is 5.76 Å². The summed E-state index contributed by atoms with van der Waals surface area (Å²) in [4.78, 5) is 0.268. The first kappa shape index (κ1) is 18.3. The highest BCUT2D eigenvalue weighted by Gasteiger charge is 2.34. The van der Waals surface area contributed by atoms with Gasteiger partial charge in [0.2, 0.25) is 0 Å². The second-order valence-corrected chi connectivity index (χ2v) is 8.02. The van der Waals surface area contributed by atoms with Crippen LogP contribution in [0.1, 0.15) is 25.0 Å². The standard InChI is InChI=1S/C20H23NO4S/c1-5-25-20-12-15(3)21(19-11-8-16(24-4)13-18(19)20)26(22,23)17-9-6-14(2)7-10-17/h6-13,15H,5H2,1-4H3/t15-/m0/s1. The molecule has 0 fully saturated rings. The number of methoxy groups -OCH3 is 1. The number of anilines is 1. The Kier molecular flexibility index (Phi) is 4.96. The number of ether oxygens (including phenoxy) is 2. The van der Waals surface area contributed by atoms with E-state index in [-0.39, 0.29) is 10.9 Å². The van der Waals surface area contributed by atoms with Crippen LogP contribution in [0.3, 0.4) is 0 Å². The molecule has 2 aromatic carbocycles. The Bertz CT molecular complexity index is 933. The minimum atomic E-state index is -3.71. The molecule has 1 heterocycles. The molecular formula is C20H23NO4S. The van der Waals surface area contributed by atoms with Crippen molar-refractivity contribution in [2.24, 2.45) is 0 Å². The molecule has 0 radical (unpaired) electrons. The van der Waals surface area contributed by atoms with Crippen LogP contribution in [0.2, 0.25) is 0 Å². The van der Waals surface area contributed by atoms with E-state index in [1.165, 1.54) is 4.31 Å². The summed E-state index contributed by atoms with van der Waals surface area (Å²) < 4.78 is 39.1. The van der Waals surface area contributed by atoms with Gasteiger partial charge in [0.05, 0.1) is 30.3 Å². The molecule has 2 aromatic rings. The predicted octanol–water partition coefficient (Wildman–Crippen LogP) is 3.98. The van der Waals surface area contributed by atoms with E-state index in [0.29, 0.717) is 29.4 Å². The maximum atomic E-state index is 13.3. The fourth-order valence-corrected chi connectivity index (χ4v) is 4.71. The minimum Gasteiger partial charge on any atom is -0.497 e. The Hall–Kier alpha value is -2.47. The largest absolute Gasteiger partial charge is 0.497 e. The fourth-order valence-electron chi connectivity index (χ4n) is 3.08. The molecule has 0 aliphatic carbocycles. The van der Waals surface area contributed by atoms with E-state index in [9.17, 15) is 8.42 Å². The fraction of sp³-hybridized carbons (Fsp3) is 0.300. The van der Waals surface area contributed by atoms with Crippen molar-refractivity contribution >= 4 is 21.5 Å². The molecule has 3 rings (SSSR count). The summed E-state index contributed by atoms with van der Waals surface area (Å²) in [6, 6.07) is 11.9. The Morgan fingerprint density at radius 1 is 1.12 bits per heavy atom. The van der Waals surface area contributed by atoms with Crippen molar-refractivity contribution in [3.05, 3.63) is 59.7 Å². The first-order valence-corrected chi connectivity index (χ1v) is 9.96. The molecule has 138 valence electrons. The zero-order chi connectivity index (χ0) is 18.9. The molecule has 0 aromatic heterocycles. The summed E-state index contributed by atoms with van der Waals surface area (Å²) >= 11 is 0. The number of fused-ring (bicyclic) bond motifs is 1. The number of hydrogen-bond donors (Lipinski definition) is 0. The SMILES string of the molecule is CCOC1=C[C@H](C)N(S(=O)(=O)c2ccc(C)cc2)c2ccc(OC)cc21. The Labute approximate surface area is 154 Å². The van der Waals surface area contributed by atoms with Gasteiger partial charge in [-0.15, -0.1) is 0 Å². The quantitative estimate of drug-likeness (QED) is 0.795. The highest BCUT2D eigenvalue weighted by molar-refractivity contribution is 7.92. The van der Waals surface area contributed by atoms with Gasteiger partial charge in [0.1, 0.15) is 11.5 Å². The lowest BCUT2D eigenvalue weighted by molar-refractivity contribution is 0.295. The maximum Gasteiger partial charge on any atom is 0.264 e. The average molecular weight is 373 g/mol. The smallest absolute Gasteiger partial charge is 0.264 e. The second kappa shape index (κ2) is 7.03.